The van der Waals surface area contributed by atoms with Crippen LogP contribution in [0.3, 0.4) is 0 Å². The van der Waals surface area contributed by atoms with E-state index in [1.807, 2.05) is 35.0 Å². The minimum Gasteiger partial charge on any atom is -0.493 e. The van der Waals surface area contributed by atoms with Gasteiger partial charge in [-0.3, -0.25) is 4.79 Å². The van der Waals surface area contributed by atoms with Gasteiger partial charge in [0.1, 0.15) is 18.1 Å². The molecule has 0 atom stereocenters. The summed E-state index contributed by atoms with van der Waals surface area (Å²) in [5.41, 5.74) is 2.74. The average molecular weight is 417 g/mol. The molecule has 4 aromatic rings. The lowest BCUT2D eigenvalue weighted by atomic mass is 10.2. The number of hydrogen-bond donors (Lipinski definition) is 1. The Morgan fingerprint density at radius 2 is 2.03 bits per heavy atom. The van der Waals surface area contributed by atoms with Crippen LogP contribution in [0.2, 0.25) is 0 Å². The average Bonchev–Trinajstić information content (AvgIpc) is 3.19. The molecule has 4 rings (SSSR count). The molecule has 0 spiro atoms. The van der Waals surface area contributed by atoms with Crippen LogP contribution >= 0.6 is 0 Å². The summed E-state index contributed by atoms with van der Waals surface area (Å²) in [6.45, 7) is 0.245. The van der Waals surface area contributed by atoms with Gasteiger partial charge in [0, 0.05) is 30.2 Å². The van der Waals surface area contributed by atoms with E-state index in [0.29, 0.717) is 22.7 Å². The second-order valence-corrected chi connectivity index (χ2v) is 6.73. The van der Waals surface area contributed by atoms with E-state index < -0.39 is 0 Å². The van der Waals surface area contributed by atoms with Crippen molar-refractivity contribution in [3.05, 3.63) is 96.2 Å². The molecule has 2 aromatic heterocycles. The minimum atomic E-state index is -0.356. The third-order valence-corrected chi connectivity index (χ3v) is 4.50. The number of ether oxygens (including phenoxy) is 2. The molecule has 0 radical (unpaired) electrons. The summed E-state index contributed by atoms with van der Waals surface area (Å²) in [6, 6.07) is 16.9. The molecule has 0 saturated carbocycles. The van der Waals surface area contributed by atoms with E-state index in [1.54, 1.807) is 43.5 Å². The van der Waals surface area contributed by atoms with Gasteiger partial charge >= 0.3 is 0 Å². The van der Waals surface area contributed by atoms with Crippen molar-refractivity contribution in [1.29, 1.82) is 0 Å². The Kier molecular flexibility index (Phi) is 5.93. The third kappa shape index (κ3) is 5.08. The van der Waals surface area contributed by atoms with Gasteiger partial charge in [0.2, 0.25) is 5.91 Å². The highest BCUT2D eigenvalue weighted by molar-refractivity contribution is 6.02. The molecule has 0 fully saturated rings. The third-order valence-electron chi connectivity index (χ3n) is 4.50. The first-order valence-electron chi connectivity index (χ1n) is 9.59. The van der Waals surface area contributed by atoms with Gasteiger partial charge in [0.05, 0.1) is 12.8 Å². The zero-order chi connectivity index (χ0) is 21.6. The SMILES string of the molecule is COc1ccc(NC(=O)/C=C/c2cccc(F)c2)cc1OCc1cn2ccccc2n1. The van der Waals surface area contributed by atoms with Gasteiger partial charge in [0.25, 0.3) is 0 Å². The molecule has 0 aliphatic heterocycles. The maximum atomic E-state index is 13.2. The van der Waals surface area contributed by atoms with Crippen molar-refractivity contribution < 1.29 is 18.7 Å². The van der Waals surface area contributed by atoms with Crippen LogP contribution in [0.1, 0.15) is 11.3 Å². The Morgan fingerprint density at radius 3 is 2.84 bits per heavy atom. The van der Waals surface area contributed by atoms with E-state index in [4.69, 9.17) is 9.47 Å². The molecule has 2 aromatic carbocycles. The number of imidazole rings is 1. The molecular formula is C24H20FN3O3. The molecule has 2 heterocycles. The van der Waals surface area contributed by atoms with Gasteiger partial charge < -0.3 is 19.2 Å². The molecule has 0 saturated heterocycles. The van der Waals surface area contributed by atoms with Crippen LogP contribution in [0.4, 0.5) is 10.1 Å². The number of carbonyl (C=O) groups excluding carboxylic acids is 1. The number of pyridine rings is 1. The Bertz CT molecular complexity index is 1220. The second-order valence-electron chi connectivity index (χ2n) is 6.73. The van der Waals surface area contributed by atoms with Gasteiger partial charge in [-0.15, -0.1) is 0 Å². The molecule has 0 aliphatic rings. The fourth-order valence-corrected chi connectivity index (χ4v) is 3.04. The lowest BCUT2D eigenvalue weighted by Crippen LogP contribution is -2.08. The van der Waals surface area contributed by atoms with Crippen molar-refractivity contribution in [1.82, 2.24) is 9.38 Å². The van der Waals surface area contributed by atoms with E-state index in [9.17, 15) is 9.18 Å². The number of methoxy groups -OCH3 is 1. The second kappa shape index (κ2) is 9.13. The summed E-state index contributed by atoms with van der Waals surface area (Å²) in [6.07, 6.45) is 6.70. The monoisotopic (exact) mass is 417 g/mol. The number of anilines is 1. The molecule has 0 aliphatic carbocycles. The smallest absolute Gasteiger partial charge is 0.248 e. The molecule has 6 nitrogen and oxygen atoms in total. The van der Waals surface area contributed by atoms with Gasteiger partial charge in [-0.25, -0.2) is 9.37 Å². The number of nitrogens with one attached hydrogen (secondary N) is 1. The minimum absolute atomic E-state index is 0.245. The largest absolute Gasteiger partial charge is 0.493 e. The number of nitrogens with zero attached hydrogens (tertiary/aromatic N) is 2. The fourth-order valence-electron chi connectivity index (χ4n) is 3.04. The molecule has 31 heavy (non-hydrogen) atoms. The Balaban J connectivity index is 1.44. The number of hydrogen-bond acceptors (Lipinski definition) is 4. The number of benzene rings is 2. The summed E-state index contributed by atoms with van der Waals surface area (Å²) in [5, 5.41) is 2.76. The molecule has 0 unspecified atom stereocenters. The molecule has 1 amide bonds. The van der Waals surface area contributed by atoms with E-state index in [1.165, 1.54) is 18.2 Å². The lowest BCUT2D eigenvalue weighted by molar-refractivity contribution is -0.111. The van der Waals surface area contributed by atoms with E-state index in [0.717, 1.165) is 11.3 Å². The maximum Gasteiger partial charge on any atom is 0.248 e. The number of aromatic nitrogens is 2. The summed E-state index contributed by atoms with van der Waals surface area (Å²) >= 11 is 0. The zero-order valence-electron chi connectivity index (χ0n) is 16.8. The first-order chi connectivity index (χ1) is 15.1. The number of amides is 1. The van der Waals surface area contributed by atoms with Crippen molar-refractivity contribution in [2.24, 2.45) is 0 Å². The number of carbonyl (C=O) groups is 1. The molecule has 7 heteroatoms. The van der Waals surface area contributed by atoms with Crippen LogP contribution in [-0.2, 0) is 11.4 Å². The van der Waals surface area contributed by atoms with Crippen molar-refractivity contribution >= 4 is 23.3 Å². The first kappa shape index (κ1) is 20.2. The predicted octanol–water partition coefficient (Wildman–Crippen LogP) is 4.71. The number of fused-ring (bicyclic) bond motifs is 1. The highest BCUT2D eigenvalue weighted by Crippen LogP contribution is 2.31. The Morgan fingerprint density at radius 1 is 1.13 bits per heavy atom. The molecular weight excluding hydrogens is 397 g/mol. The lowest BCUT2D eigenvalue weighted by Gasteiger charge is -2.12. The number of rotatable bonds is 7. The standard InChI is InChI=1S/C24H20FN3O3/c1-30-21-10-9-19(27-24(29)11-8-17-5-4-6-18(25)13-17)14-22(21)31-16-20-15-28-12-3-2-7-23(28)26-20/h2-15H,16H2,1H3,(H,27,29)/b11-8+. The Hall–Kier alpha value is -4.13. The quantitative estimate of drug-likeness (QED) is 0.442. The fraction of sp³-hybridized carbons (Fsp3) is 0.0833. The molecule has 1 N–H and O–H groups in total. The van der Waals surface area contributed by atoms with Gasteiger partial charge in [-0.05, 0) is 48.0 Å². The van der Waals surface area contributed by atoms with Crippen molar-refractivity contribution in [2.45, 2.75) is 6.61 Å². The topological polar surface area (TPSA) is 64.9 Å². The summed E-state index contributed by atoms with van der Waals surface area (Å²) in [4.78, 5) is 16.7. The highest BCUT2D eigenvalue weighted by Gasteiger charge is 2.09. The maximum absolute atomic E-state index is 13.2. The van der Waals surface area contributed by atoms with E-state index in [2.05, 4.69) is 10.3 Å². The van der Waals surface area contributed by atoms with Crippen molar-refractivity contribution in [2.75, 3.05) is 12.4 Å². The van der Waals surface area contributed by atoms with E-state index in [-0.39, 0.29) is 18.3 Å². The normalized spacial score (nSPS) is 11.0. The Labute approximate surface area is 178 Å². The van der Waals surface area contributed by atoms with Gasteiger partial charge in [-0.1, -0.05) is 18.2 Å². The summed E-state index contributed by atoms with van der Waals surface area (Å²) in [7, 11) is 1.55. The van der Waals surface area contributed by atoms with Crippen LogP contribution in [-0.4, -0.2) is 22.4 Å². The van der Waals surface area contributed by atoms with Crippen LogP contribution < -0.4 is 14.8 Å². The summed E-state index contributed by atoms with van der Waals surface area (Å²) < 4.78 is 26.4. The van der Waals surface area contributed by atoms with E-state index >= 15 is 0 Å². The van der Waals surface area contributed by atoms with Gasteiger partial charge in [-0.2, -0.15) is 0 Å². The van der Waals surface area contributed by atoms with Gasteiger partial charge in [0.15, 0.2) is 11.5 Å². The molecule has 0 bridgehead atoms. The van der Waals surface area contributed by atoms with Crippen LogP contribution in [0, 0.1) is 5.82 Å². The highest BCUT2D eigenvalue weighted by atomic mass is 19.1. The van der Waals surface area contributed by atoms with Crippen molar-refractivity contribution in [3.8, 4) is 11.5 Å². The zero-order valence-corrected chi connectivity index (χ0v) is 16.8. The van der Waals surface area contributed by atoms with Crippen LogP contribution in [0.5, 0.6) is 11.5 Å². The number of halogens is 1. The van der Waals surface area contributed by atoms with Crippen molar-refractivity contribution in [3.63, 3.8) is 0 Å². The van der Waals surface area contributed by atoms with Crippen LogP contribution in [0.25, 0.3) is 11.7 Å². The first-order valence-corrected chi connectivity index (χ1v) is 9.59. The summed E-state index contributed by atoms with van der Waals surface area (Å²) in [5.74, 6) is 0.314. The molecule has 156 valence electrons. The van der Waals surface area contributed by atoms with Crippen LogP contribution in [0.15, 0.2) is 79.1 Å². The predicted molar refractivity (Wildman–Crippen MR) is 117 cm³/mol.